The minimum atomic E-state index is -0.664. The van der Waals surface area contributed by atoms with Crippen molar-refractivity contribution in [2.45, 2.75) is 32.4 Å². The van der Waals surface area contributed by atoms with E-state index in [0.29, 0.717) is 13.0 Å². The summed E-state index contributed by atoms with van der Waals surface area (Å²) >= 11 is 0. The third-order valence-electron chi connectivity index (χ3n) is 4.22. The van der Waals surface area contributed by atoms with Crippen molar-refractivity contribution in [1.82, 2.24) is 10.2 Å². The van der Waals surface area contributed by atoms with Gasteiger partial charge in [-0.3, -0.25) is 9.59 Å². The number of nitrogens with one attached hydrogen (secondary N) is 1. The molecule has 1 atom stereocenters. The standard InChI is InChI=1S/C21H26N2O3/c1-4-8-19(24)23(15-16-11-13-18(26-3)14-12-16)20(21(25)22-2)17-9-6-5-7-10-17/h5-7,9-14,20H,4,8,15H2,1-3H3,(H,22,25)/t20-/m0/s1. The van der Waals surface area contributed by atoms with Gasteiger partial charge in [0.25, 0.3) is 0 Å². The van der Waals surface area contributed by atoms with Crippen LogP contribution in [-0.2, 0) is 16.1 Å². The average Bonchev–Trinajstić information content (AvgIpc) is 2.68. The lowest BCUT2D eigenvalue weighted by Gasteiger charge is -2.31. The number of amides is 2. The highest BCUT2D eigenvalue weighted by Gasteiger charge is 2.30. The van der Waals surface area contributed by atoms with Gasteiger partial charge in [0, 0.05) is 20.0 Å². The van der Waals surface area contributed by atoms with Crippen molar-refractivity contribution in [3.05, 3.63) is 65.7 Å². The summed E-state index contributed by atoms with van der Waals surface area (Å²) in [7, 11) is 3.21. The fourth-order valence-electron chi connectivity index (χ4n) is 2.85. The van der Waals surface area contributed by atoms with E-state index in [4.69, 9.17) is 4.74 Å². The van der Waals surface area contributed by atoms with Gasteiger partial charge in [-0.25, -0.2) is 0 Å². The summed E-state index contributed by atoms with van der Waals surface area (Å²) < 4.78 is 5.19. The first-order chi connectivity index (χ1) is 12.6. The highest BCUT2D eigenvalue weighted by molar-refractivity contribution is 5.88. The lowest BCUT2D eigenvalue weighted by atomic mass is 10.0. The summed E-state index contributed by atoms with van der Waals surface area (Å²) in [6, 6.07) is 16.3. The predicted molar refractivity (Wildman–Crippen MR) is 102 cm³/mol. The van der Waals surface area contributed by atoms with Gasteiger partial charge in [-0.05, 0) is 29.7 Å². The van der Waals surface area contributed by atoms with Gasteiger partial charge in [-0.1, -0.05) is 49.4 Å². The number of benzene rings is 2. The molecule has 0 aliphatic heterocycles. The first-order valence-corrected chi connectivity index (χ1v) is 8.79. The van der Waals surface area contributed by atoms with Gasteiger partial charge in [0.15, 0.2) is 0 Å². The molecular formula is C21H26N2O3. The molecule has 0 aliphatic rings. The zero-order chi connectivity index (χ0) is 18.9. The monoisotopic (exact) mass is 354 g/mol. The minimum Gasteiger partial charge on any atom is -0.497 e. The van der Waals surface area contributed by atoms with Crippen molar-refractivity contribution in [1.29, 1.82) is 0 Å². The molecule has 138 valence electrons. The van der Waals surface area contributed by atoms with E-state index in [1.54, 1.807) is 19.1 Å². The van der Waals surface area contributed by atoms with E-state index in [0.717, 1.165) is 23.3 Å². The Morgan fingerprint density at radius 2 is 1.73 bits per heavy atom. The van der Waals surface area contributed by atoms with E-state index < -0.39 is 6.04 Å². The number of likely N-dealkylation sites (N-methyl/N-ethyl adjacent to an activating group) is 1. The molecule has 0 saturated heterocycles. The van der Waals surface area contributed by atoms with Crippen molar-refractivity contribution in [2.75, 3.05) is 14.2 Å². The number of hydrogen-bond donors (Lipinski definition) is 1. The fourth-order valence-corrected chi connectivity index (χ4v) is 2.85. The van der Waals surface area contributed by atoms with E-state index in [2.05, 4.69) is 5.32 Å². The number of carbonyl (C=O) groups is 2. The summed E-state index contributed by atoms with van der Waals surface area (Å²) in [6.45, 7) is 2.32. The predicted octanol–water partition coefficient (Wildman–Crippen LogP) is 3.31. The quantitative estimate of drug-likeness (QED) is 0.791. The van der Waals surface area contributed by atoms with Crippen molar-refractivity contribution in [3.8, 4) is 5.75 Å². The molecule has 26 heavy (non-hydrogen) atoms. The molecule has 0 aliphatic carbocycles. The van der Waals surface area contributed by atoms with Crippen LogP contribution in [0.4, 0.5) is 0 Å². The average molecular weight is 354 g/mol. The number of methoxy groups -OCH3 is 1. The Kier molecular flexibility index (Phi) is 7.21. The third-order valence-corrected chi connectivity index (χ3v) is 4.22. The Morgan fingerprint density at radius 1 is 1.08 bits per heavy atom. The SMILES string of the molecule is CCCC(=O)N(Cc1ccc(OC)cc1)[C@H](C(=O)NC)c1ccccc1. The summed E-state index contributed by atoms with van der Waals surface area (Å²) in [4.78, 5) is 27.1. The van der Waals surface area contributed by atoms with Crippen LogP contribution < -0.4 is 10.1 Å². The Bertz CT molecular complexity index is 714. The molecule has 0 unspecified atom stereocenters. The number of nitrogens with zero attached hydrogens (tertiary/aromatic N) is 1. The third kappa shape index (κ3) is 4.85. The lowest BCUT2D eigenvalue weighted by molar-refractivity contribution is -0.141. The van der Waals surface area contributed by atoms with E-state index in [-0.39, 0.29) is 11.8 Å². The van der Waals surface area contributed by atoms with Gasteiger partial charge < -0.3 is 15.0 Å². The second-order valence-corrected chi connectivity index (χ2v) is 6.05. The van der Waals surface area contributed by atoms with E-state index in [9.17, 15) is 9.59 Å². The Morgan fingerprint density at radius 3 is 2.27 bits per heavy atom. The highest BCUT2D eigenvalue weighted by Crippen LogP contribution is 2.25. The van der Waals surface area contributed by atoms with E-state index >= 15 is 0 Å². The summed E-state index contributed by atoms with van der Waals surface area (Å²) in [6.07, 6.45) is 1.13. The molecule has 0 radical (unpaired) electrons. The number of hydrogen-bond acceptors (Lipinski definition) is 3. The lowest BCUT2D eigenvalue weighted by Crippen LogP contribution is -2.42. The first-order valence-electron chi connectivity index (χ1n) is 8.79. The highest BCUT2D eigenvalue weighted by atomic mass is 16.5. The van der Waals surface area contributed by atoms with Crippen LogP contribution in [0.1, 0.15) is 36.9 Å². The molecule has 0 fully saturated rings. The number of rotatable bonds is 8. The van der Waals surface area contributed by atoms with Gasteiger partial charge >= 0.3 is 0 Å². The smallest absolute Gasteiger partial charge is 0.247 e. The topological polar surface area (TPSA) is 58.6 Å². The molecule has 0 spiro atoms. The van der Waals surface area contributed by atoms with Crippen LogP contribution in [0, 0.1) is 0 Å². The molecule has 2 aromatic carbocycles. The molecule has 2 amide bonds. The van der Waals surface area contributed by atoms with Crippen LogP contribution in [0.5, 0.6) is 5.75 Å². The maximum atomic E-state index is 12.8. The first kappa shape index (κ1) is 19.5. The molecular weight excluding hydrogens is 328 g/mol. The molecule has 0 bridgehead atoms. The van der Waals surface area contributed by atoms with Gasteiger partial charge in [0.1, 0.15) is 11.8 Å². The van der Waals surface area contributed by atoms with Crippen LogP contribution in [0.15, 0.2) is 54.6 Å². The van der Waals surface area contributed by atoms with E-state index in [1.165, 1.54) is 0 Å². The van der Waals surface area contributed by atoms with Gasteiger partial charge in [-0.2, -0.15) is 0 Å². The second-order valence-electron chi connectivity index (χ2n) is 6.05. The van der Waals surface area contributed by atoms with Crippen LogP contribution in [0.2, 0.25) is 0 Å². The van der Waals surface area contributed by atoms with Crippen molar-refractivity contribution >= 4 is 11.8 Å². The zero-order valence-corrected chi connectivity index (χ0v) is 15.6. The molecule has 5 nitrogen and oxygen atoms in total. The number of carbonyl (C=O) groups excluding carboxylic acids is 2. The van der Waals surface area contributed by atoms with Gasteiger partial charge in [-0.15, -0.1) is 0 Å². The fraction of sp³-hybridized carbons (Fsp3) is 0.333. The molecule has 0 aromatic heterocycles. The maximum absolute atomic E-state index is 12.8. The summed E-state index contributed by atoms with van der Waals surface area (Å²) in [5.74, 6) is 0.515. The molecule has 2 aromatic rings. The Balaban J connectivity index is 2.39. The van der Waals surface area contributed by atoms with Gasteiger partial charge in [0.05, 0.1) is 7.11 Å². The molecule has 5 heteroatoms. The zero-order valence-electron chi connectivity index (χ0n) is 15.6. The number of ether oxygens (including phenoxy) is 1. The molecule has 1 N–H and O–H groups in total. The molecule has 0 heterocycles. The summed E-state index contributed by atoms with van der Waals surface area (Å²) in [5, 5.41) is 2.69. The van der Waals surface area contributed by atoms with Crippen LogP contribution >= 0.6 is 0 Å². The van der Waals surface area contributed by atoms with Crippen LogP contribution in [0.25, 0.3) is 0 Å². The van der Waals surface area contributed by atoms with Crippen molar-refractivity contribution in [3.63, 3.8) is 0 Å². The minimum absolute atomic E-state index is 0.0410. The largest absolute Gasteiger partial charge is 0.497 e. The maximum Gasteiger partial charge on any atom is 0.247 e. The molecule has 2 rings (SSSR count). The normalized spacial score (nSPS) is 11.5. The van der Waals surface area contributed by atoms with E-state index in [1.807, 2.05) is 61.5 Å². The Hall–Kier alpha value is -2.82. The van der Waals surface area contributed by atoms with Crippen LogP contribution in [0.3, 0.4) is 0 Å². The molecule has 0 saturated carbocycles. The van der Waals surface area contributed by atoms with Crippen molar-refractivity contribution in [2.24, 2.45) is 0 Å². The Labute approximate surface area is 155 Å². The van der Waals surface area contributed by atoms with Crippen LogP contribution in [-0.4, -0.2) is 30.9 Å². The van der Waals surface area contributed by atoms with Gasteiger partial charge in [0.2, 0.25) is 11.8 Å². The summed E-state index contributed by atoms with van der Waals surface area (Å²) in [5.41, 5.74) is 1.74. The second kappa shape index (κ2) is 9.61. The van der Waals surface area contributed by atoms with Crippen molar-refractivity contribution < 1.29 is 14.3 Å².